The molecule has 0 N–H and O–H groups in total. The zero-order valence-electron chi connectivity index (χ0n) is 12.1. The molecule has 0 aromatic carbocycles. The predicted octanol–water partition coefficient (Wildman–Crippen LogP) is 4.48. The highest BCUT2D eigenvalue weighted by molar-refractivity contribution is 5.34. The van der Waals surface area contributed by atoms with E-state index in [1.165, 1.54) is 31.3 Å². The fourth-order valence-corrected chi connectivity index (χ4v) is 5.24. The minimum atomic E-state index is 0.363. The van der Waals surface area contributed by atoms with Crippen LogP contribution in [0.5, 0.6) is 0 Å². The van der Waals surface area contributed by atoms with Crippen LogP contribution in [0.25, 0.3) is 0 Å². The number of rotatable bonds is 0. The molecule has 3 aliphatic carbocycles. The molecule has 0 bridgehead atoms. The Bertz CT molecular complexity index is 486. The van der Waals surface area contributed by atoms with Crippen LogP contribution in [0.3, 0.4) is 0 Å². The van der Waals surface area contributed by atoms with Gasteiger partial charge in [0.2, 0.25) is 0 Å². The van der Waals surface area contributed by atoms with Gasteiger partial charge in [-0.05, 0) is 54.4 Å². The number of ether oxygens (including phenoxy) is 1. The third-order valence-corrected chi connectivity index (χ3v) is 6.58. The Morgan fingerprint density at radius 1 is 1.21 bits per heavy atom. The molecule has 1 saturated carbocycles. The Morgan fingerprint density at radius 2 is 2.11 bits per heavy atom. The van der Waals surface area contributed by atoms with E-state index in [-0.39, 0.29) is 0 Å². The minimum absolute atomic E-state index is 0.363. The molecule has 1 heterocycles. The molecule has 1 fully saturated rings. The van der Waals surface area contributed by atoms with Crippen LogP contribution in [0.2, 0.25) is 0 Å². The molecule has 102 valence electrons. The molecule has 5 unspecified atom stereocenters. The average Bonchev–Trinajstić information content (AvgIpc) is 2.79. The summed E-state index contributed by atoms with van der Waals surface area (Å²) in [6.45, 7) is 5.85. The van der Waals surface area contributed by atoms with Crippen molar-refractivity contribution >= 4 is 0 Å². The van der Waals surface area contributed by atoms with E-state index in [0.29, 0.717) is 10.8 Å². The zero-order valence-corrected chi connectivity index (χ0v) is 12.1. The molecule has 4 aliphatic rings. The first-order valence-electron chi connectivity index (χ1n) is 7.82. The first kappa shape index (κ1) is 11.8. The lowest BCUT2D eigenvalue weighted by atomic mass is 9.50. The monoisotopic (exact) mass is 256 g/mol. The SMILES string of the molecule is CC12C=CCC1C1C=CC3=COCCC3(C)C1CC2. The summed E-state index contributed by atoms with van der Waals surface area (Å²) in [6.07, 6.45) is 17.0. The van der Waals surface area contributed by atoms with Crippen molar-refractivity contribution in [1.82, 2.24) is 0 Å². The smallest absolute Gasteiger partial charge is 0.0882 e. The second-order valence-corrected chi connectivity index (χ2v) is 7.44. The van der Waals surface area contributed by atoms with Gasteiger partial charge >= 0.3 is 0 Å². The summed E-state index contributed by atoms with van der Waals surface area (Å²) >= 11 is 0. The van der Waals surface area contributed by atoms with Crippen LogP contribution in [0.4, 0.5) is 0 Å². The highest BCUT2D eigenvalue weighted by Crippen LogP contribution is 2.61. The summed E-state index contributed by atoms with van der Waals surface area (Å²) in [7, 11) is 0. The van der Waals surface area contributed by atoms with E-state index in [1.807, 2.05) is 6.26 Å². The number of hydrogen-bond donors (Lipinski definition) is 0. The fourth-order valence-electron chi connectivity index (χ4n) is 5.24. The van der Waals surface area contributed by atoms with Gasteiger partial charge in [0.05, 0.1) is 12.9 Å². The molecule has 0 aromatic rings. The van der Waals surface area contributed by atoms with Gasteiger partial charge in [0.1, 0.15) is 0 Å². The van der Waals surface area contributed by atoms with Gasteiger partial charge in [0.25, 0.3) is 0 Å². The molecular weight excluding hydrogens is 232 g/mol. The number of hydrogen-bond acceptors (Lipinski definition) is 1. The van der Waals surface area contributed by atoms with Crippen LogP contribution < -0.4 is 0 Å². The first-order chi connectivity index (χ1) is 9.13. The fraction of sp³-hybridized carbons (Fsp3) is 0.667. The summed E-state index contributed by atoms with van der Waals surface area (Å²) < 4.78 is 5.56. The lowest BCUT2D eigenvalue weighted by Gasteiger charge is -2.54. The molecule has 0 amide bonds. The normalized spacial score (nSPS) is 50.8. The van der Waals surface area contributed by atoms with Crippen molar-refractivity contribution in [3.05, 3.63) is 36.1 Å². The Kier molecular flexibility index (Phi) is 2.35. The van der Waals surface area contributed by atoms with E-state index >= 15 is 0 Å². The van der Waals surface area contributed by atoms with E-state index in [0.717, 1.165) is 24.4 Å². The second kappa shape index (κ2) is 3.77. The minimum Gasteiger partial charge on any atom is -0.501 e. The van der Waals surface area contributed by atoms with Gasteiger partial charge in [-0.3, -0.25) is 0 Å². The van der Waals surface area contributed by atoms with E-state index in [1.54, 1.807) is 0 Å². The van der Waals surface area contributed by atoms with Crippen LogP contribution in [0.1, 0.15) is 39.5 Å². The van der Waals surface area contributed by atoms with Crippen LogP contribution in [0.15, 0.2) is 36.1 Å². The Labute approximate surface area is 116 Å². The summed E-state index contributed by atoms with van der Waals surface area (Å²) in [5, 5.41) is 0. The van der Waals surface area contributed by atoms with Crippen molar-refractivity contribution in [1.29, 1.82) is 0 Å². The molecular formula is C18H24O. The molecule has 0 spiro atoms. The lowest BCUT2D eigenvalue weighted by molar-refractivity contribution is 0.00298. The van der Waals surface area contributed by atoms with Crippen molar-refractivity contribution in [2.75, 3.05) is 6.61 Å². The van der Waals surface area contributed by atoms with E-state index < -0.39 is 0 Å². The van der Waals surface area contributed by atoms with Crippen LogP contribution >= 0.6 is 0 Å². The highest BCUT2D eigenvalue weighted by atomic mass is 16.5. The summed E-state index contributed by atoms with van der Waals surface area (Å²) in [6, 6.07) is 0. The highest BCUT2D eigenvalue weighted by Gasteiger charge is 2.53. The van der Waals surface area contributed by atoms with Crippen molar-refractivity contribution < 1.29 is 4.74 Å². The van der Waals surface area contributed by atoms with Gasteiger partial charge < -0.3 is 4.74 Å². The van der Waals surface area contributed by atoms with E-state index in [4.69, 9.17) is 4.74 Å². The van der Waals surface area contributed by atoms with Crippen molar-refractivity contribution in [2.45, 2.75) is 39.5 Å². The van der Waals surface area contributed by atoms with Crippen LogP contribution in [0, 0.1) is 28.6 Å². The van der Waals surface area contributed by atoms with Crippen molar-refractivity contribution in [3.63, 3.8) is 0 Å². The van der Waals surface area contributed by atoms with Gasteiger partial charge in [-0.15, -0.1) is 0 Å². The second-order valence-electron chi connectivity index (χ2n) is 7.44. The summed E-state index contributed by atoms with van der Waals surface area (Å²) in [4.78, 5) is 0. The zero-order chi connectivity index (χ0) is 13.1. The summed E-state index contributed by atoms with van der Waals surface area (Å²) in [5.41, 5.74) is 2.27. The molecule has 19 heavy (non-hydrogen) atoms. The molecule has 1 aliphatic heterocycles. The Hall–Kier alpha value is -0.980. The van der Waals surface area contributed by atoms with Crippen molar-refractivity contribution in [3.8, 4) is 0 Å². The van der Waals surface area contributed by atoms with Gasteiger partial charge in [0, 0.05) is 5.41 Å². The van der Waals surface area contributed by atoms with Crippen molar-refractivity contribution in [2.24, 2.45) is 28.6 Å². The maximum absolute atomic E-state index is 5.56. The van der Waals surface area contributed by atoms with Crippen LogP contribution in [-0.4, -0.2) is 6.61 Å². The third-order valence-electron chi connectivity index (χ3n) is 6.58. The Balaban J connectivity index is 1.75. The van der Waals surface area contributed by atoms with Gasteiger partial charge in [-0.1, -0.05) is 38.2 Å². The average molecular weight is 256 g/mol. The lowest BCUT2D eigenvalue weighted by Crippen LogP contribution is -2.47. The standard InChI is InChI=1S/C18H24O/c1-17-8-3-4-15(17)14-6-5-13-12-19-11-10-18(13,2)16(14)7-9-17/h3,5-6,8,12,14-16H,4,7,9-11H2,1-2H3. The largest absolute Gasteiger partial charge is 0.501 e. The maximum atomic E-state index is 5.56. The number of allylic oxidation sites excluding steroid dienone is 5. The maximum Gasteiger partial charge on any atom is 0.0882 e. The predicted molar refractivity (Wildman–Crippen MR) is 77.5 cm³/mol. The summed E-state index contributed by atoms with van der Waals surface area (Å²) in [5.74, 6) is 2.43. The molecule has 0 aromatic heterocycles. The molecule has 1 nitrogen and oxygen atoms in total. The number of fused-ring (bicyclic) bond motifs is 5. The quantitative estimate of drug-likeness (QED) is 0.581. The molecule has 0 radical (unpaired) electrons. The molecule has 1 heteroatoms. The molecule has 4 rings (SSSR count). The third kappa shape index (κ3) is 1.48. The van der Waals surface area contributed by atoms with Crippen LogP contribution in [-0.2, 0) is 4.74 Å². The van der Waals surface area contributed by atoms with Gasteiger partial charge in [-0.2, -0.15) is 0 Å². The van der Waals surface area contributed by atoms with Gasteiger partial charge in [0.15, 0.2) is 0 Å². The first-order valence-corrected chi connectivity index (χ1v) is 7.82. The Morgan fingerprint density at radius 3 is 3.00 bits per heavy atom. The van der Waals surface area contributed by atoms with E-state index in [2.05, 4.69) is 38.2 Å². The topological polar surface area (TPSA) is 9.23 Å². The molecule has 5 atom stereocenters. The van der Waals surface area contributed by atoms with E-state index in [9.17, 15) is 0 Å². The van der Waals surface area contributed by atoms with Gasteiger partial charge in [-0.25, -0.2) is 0 Å². The molecule has 0 saturated heterocycles.